The monoisotopic (exact) mass is 287 g/mol. The van der Waals surface area contributed by atoms with Gasteiger partial charge in [0.05, 0.1) is 19.8 Å². The number of amides is 1. The number of hydrogen-bond acceptors (Lipinski definition) is 3. The predicted octanol–water partition coefficient (Wildman–Crippen LogP) is 3.16. The predicted molar refractivity (Wildman–Crippen MR) is 80.4 cm³/mol. The van der Waals surface area contributed by atoms with Crippen LogP contribution in [0.2, 0.25) is 0 Å². The van der Waals surface area contributed by atoms with Crippen LogP contribution in [0.25, 0.3) is 0 Å². The maximum absolute atomic E-state index is 11.9. The fourth-order valence-electron chi connectivity index (χ4n) is 3.69. The first-order valence-corrected chi connectivity index (χ1v) is 7.38. The van der Waals surface area contributed by atoms with Crippen molar-refractivity contribution in [3.8, 4) is 5.75 Å². The van der Waals surface area contributed by atoms with Crippen LogP contribution in [-0.2, 0) is 16.7 Å². The summed E-state index contributed by atoms with van der Waals surface area (Å²) in [7, 11) is 3.08. The van der Waals surface area contributed by atoms with Crippen molar-refractivity contribution in [1.82, 2.24) is 5.32 Å². The number of methoxy groups -OCH3 is 2. The van der Waals surface area contributed by atoms with Gasteiger partial charge in [-0.15, -0.1) is 0 Å². The van der Waals surface area contributed by atoms with Gasteiger partial charge >= 0.3 is 6.09 Å². The highest BCUT2D eigenvalue weighted by molar-refractivity contribution is 5.69. The molecule has 0 radical (unpaired) electrons. The SMILES string of the molecule is COC(=O)N[C@]12CC=CC[C@H]1CCc1ccc(OC)cc12. The number of aryl methyl sites for hydroxylation is 1. The molecular formula is C17H21NO3. The molecule has 0 unspecified atom stereocenters. The molecule has 4 nitrogen and oxygen atoms in total. The van der Waals surface area contributed by atoms with Crippen molar-refractivity contribution >= 4 is 6.09 Å². The molecule has 0 saturated carbocycles. The Morgan fingerprint density at radius 3 is 2.95 bits per heavy atom. The Bertz CT molecular complexity index is 581. The summed E-state index contributed by atoms with van der Waals surface area (Å²) in [5.74, 6) is 1.23. The minimum Gasteiger partial charge on any atom is -0.497 e. The maximum atomic E-state index is 11.9. The molecule has 1 aromatic carbocycles. The number of allylic oxidation sites excluding steroid dienone is 1. The first-order valence-electron chi connectivity index (χ1n) is 7.38. The molecule has 21 heavy (non-hydrogen) atoms. The van der Waals surface area contributed by atoms with E-state index in [-0.39, 0.29) is 11.6 Å². The summed E-state index contributed by atoms with van der Waals surface area (Å²) in [4.78, 5) is 11.9. The number of rotatable bonds is 2. The fourth-order valence-corrected chi connectivity index (χ4v) is 3.69. The zero-order valence-electron chi connectivity index (χ0n) is 12.5. The molecule has 2 atom stereocenters. The van der Waals surface area contributed by atoms with Gasteiger partial charge in [0.25, 0.3) is 0 Å². The van der Waals surface area contributed by atoms with Crippen molar-refractivity contribution in [3.63, 3.8) is 0 Å². The van der Waals surface area contributed by atoms with Crippen LogP contribution in [0.1, 0.15) is 30.4 Å². The quantitative estimate of drug-likeness (QED) is 0.850. The average Bonchev–Trinajstić information content (AvgIpc) is 2.54. The number of fused-ring (bicyclic) bond motifs is 3. The van der Waals surface area contributed by atoms with Gasteiger partial charge in [-0.05, 0) is 54.9 Å². The highest BCUT2D eigenvalue weighted by Gasteiger charge is 2.45. The van der Waals surface area contributed by atoms with Crippen molar-refractivity contribution in [2.75, 3.05) is 14.2 Å². The molecule has 0 bridgehead atoms. The highest BCUT2D eigenvalue weighted by Crippen LogP contribution is 2.47. The lowest BCUT2D eigenvalue weighted by atomic mass is 9.64. The molecule has 4 heteroatoms. The highest BCUT2D eigenvalue weighted by atomic mass is 16.5. The van der Waals surface area contributed by atoms with E-state index in [4.69, 9.17) is 9.47 Å². The Balaban J connectivity index is 2.11. The summed E-state index contributed by atoms with van der Waals surface area (Å²) in [6, 6.07) is 6.17. The van der Waals surface area contributed by atoms with E-state index in [9.17, 15) is 4.79 Å². The van der Waals surface area contributed by atoms with Gasteiger partial charge in [-0.3, -0.25) is 0 Å². The normalized spacial score (nSPS) is 26.5. The van der Waals surface area contributed by atoms with Crippen molar-refractivity contribution in [1.29, 1.82) is 0 Å². The van der Waals surface area contributed by atoms with Gasteiger partial charge in [0, 0.05) is 0 Å². The van der Waals surface area contributed by atoms with Crippen LogP contribution in [0, 0.1) is 5.92 Å². The Morgan fingerprint density at radius 1 is 1.33 bits per heavy atom. The molecule has 2 aliphatic carbocycles. The molecule has 0 saturated heterocycles. The summed E-state index contributed by atoms with van der Waals surface area (Å²) >= 11 is 0. The molecule has 0 heterocycles. The molecule has 2 aliphatic rings. The Kier molecular flexibility index (Phi) is 3.62. The second kappa shape index (κ2) is 5.43. The van der Waals surface area contributed by atoms with Gasteiger partial charge in [0.1, 0.15) is 5.75 Å². The van der Waals surface area contributed by atoms with Crippen molar-refractivity contribution in [3.05, 3.63) is 41.5 Å². The standard InChI is InChI=1S/C17H21NO3/c1-20-14-9-7-12-6-8-13-5-3-4-10-17(13,15(12)11-14)18-16(19)21-2/h3-4,7,9,11,13H,5-6,8,10H2,1-2H3,(H,18,19)/t13-,17+/m0/s1. The number of alkyl carbamates (subject to hydrolysis) is 1. The molecular weight excluding hydrogens is 266 g/mol. The third-order valence-corrected chi connectivity index (χ3v) is 4.79. The van der Waals surface area contributed by atoms with Crippen LogP contribution in [0.5, 0.6) is 5.75 Å². The minimum atomic E-state index is -0.371. The van der Waals surface area contributed by atoms with Crippen molar-refractivity contribution in [2.24, 2.45) is 5.92 Å². The zero-order valence-corrected chi connectivity index (χ0v) is 12.5. The second-order valence-electron chi connectivity index (χ2n) is 5.76. The lowest BCUT2D eigenvalue weighted by Crippen LogP contribution is -2.54. The summed E-state index contributed by atoms with van der Waals surface area (Å²) in [6.07, 6.45) is 7.91. The third-order valence-electron chi connectivity index (χ3n) is 4.79. The number of carbonyl (C=O) groups excluding carboxylic acids is 1. The van der Waals surface area contributed by atoms with Crippen molar-refractivity contribution < 1.29 is 14.3 Å². The van der Waals surface area contributed by atoms with Crippen LogP contribution in [0.4, 0.5) is 4.79 Å². The van der Waals surface area contributed by atoms with Crippen LogP contribution < -0.4 is 10.1 Å². The van der Waals surface area contributed by atoms with Gasteiger partial charge in [0.15, 0.2) is 0 Å². The first kappa shape index (κ1) is 14.0. The third kappa shape index (κ3) is 2.28. The van der Waals surface area contributed by atoms with Crippen LogP contribution >= 0.6 is 0 Å². The van der Waals surface area contributed by atoms with Gasteiger partial charge in [0.2, 0.25) is 0 Å². The lowest BCUT2D eigenvalue weighted by molar-refractivity contribution is 0.125. The summed E-state index contributed by atoms with van der Waals surface area (Å²) in [5, 5.41) is 3.12. The van der Waals surface area contributed by atoms with E-state index in [2.05, 4.69) is 29.6 Å². The number of carbonyl (C=O) groups is 1. The van der Waals surface area contributed by atoms with E-state index in [0.29, 0.717) is 5.92 Å². The van der Waals surface area contributed by atoms with Crippen LogP contribution in [-0.4, -0.2) is 20.3 Å². The van der Waals surface area contributed by atoms with E-state index in [1.54, 1.807) is 7.11 Å². The van der Waals surface area contributed by atoms with Crippen LogP contribution in [0.3, 0.4) is 0 Å². The topological polar surface area (TPSA) is 47.6 Å². The van der Waals surface area contributed by atoms with E-state index in [1.807, 2.05) is 6.07 Å². The van der Waals surface area contributed by atoms with E-state index in [0.717, 1.165) is 31.4 Å². The molecule has 0 fully saturated rings. The first-order chi connectivity index (χ1) is 10.2. The molecule has 0 aromatic heterocycles. The number of hydrogen-bond donors (Lipinski definition) is 1. The van der Waals surface area contributed by atoms with E-state index < -0.39 is 0 Å². The summed E-state index contributed by atoms with van der Waals surface area (Å²) < 4.78 is 10.2. The number of nitrogens with one attached hydrogen (secondary N) is 1. The molecule has 3 rings (SSSR count). The average molecular weight is 287 g/mol. The Labute approximate surface area is 125 Å². The lowest BCUT2D eigenvalue weighted by Gasteiger charge is -2.47. The van der Waals surface area contributed by atoms with E-state index >= 15 is 0 Å². The largest absolute Gasteiger partial charge is 0.497 e. The molecule has 1 amide bonds. The van der Waals surface area contributed by atoms with Gasteiger partial charge in [-0.25, -0.2) is 4.79 Å². The molecule has 0 aliphatic heterocycles. The minimum absolute atomic E-state index is 0.369. The Hall–Kier alpha value is -1.97. The molecule has 1 aromatic rings. The maximum Gasteiger partial charge on any atom is 0.407 e. The number of ether oxygens (including phenoxy) is 2. The molecule has 1 N–H and O–H groups in total. The van der Waals surface area contributed by atoms with Crippen LogP contribution in [0.15, 0.2) is 30.4 Å². The number of benzene rings is 1. The van der Waals surface area contributed by atoms with Gasteiger partial charge in [-0.2, -0.15) is 0 Å². The summed E-state index contributed by atoms with van der Waals surface area (Å²) in [6.45, 7) is 0. The zero-order chi connectivity index (χ0) is 14.9. The smallest absolute Gasteiger partial charge is 0.407 e. The van der Waals surface area contributed by atoms with Crippen molar-refractivity contribution in [2.45, 2.75) is 31.2 Å². The van der Waals surface area contributed by atoms with Gasteiger partial charge in [-0.1, -0.05) is 18.2 Å². The van der Waals surface area contributed by atoms with E-state index in [1.165, 1.54) is 18.2 Å². The summed E-state index contributed by atoms with van der Waals surface area (Å²) in [5.41, 5.74) is 2.09. The second-order valence-corrected chi connectivity index (χ2v) is 5.76. The fraction of sp³-hybridized carbons (Fsp3) is 0.471. The molecule has 112 valence electrons. The Morgan fingerprint density at radius 2 is 2.19 bits per heavy atom. The van der Waals surface area contributed by atoms with Gasteiger partial charge < -0.3 is 14.8 Å². The molecule has 0 spiro atoms.